The summed E-state index contributed by atoms with van der Waals surface area (Å²) in [5.41, 5.74) is 6.27. The number of aromatic nitrogens is 2. The van der Waals surface area contributed by atoms with Gasteiger partial charge < -0.3 is 5.73 Å². The molecule has 1 aromatic heterocycles. The van der Waals surface area contributed by atoms with E-state index in [-0.39, 0.29) is 28.3 Å². The van der Waals surface area contributed by atoms with E-state index in [1.165, 1.54) is 23.9 Å². The van der Waals surface area contributed by atoms with E-state index < -0.39 is 23.5 Å². The molecule has 4 nitrogen and oxygen atoms in total. The molecule has 24 heavy (non-hydrogen) atoms. The van der Waals surface area contributed by atoms with Crippen LogP contribution in [0.2, 0.25) is 0 Å². The van der Waals surface area contributed by atoms with Crippen molar-refractivity contribution in [3.8, 4) is 0 Å². The predicted octanol–water partition coefficient (Wildman–Crippen LogP) is 3.53. The van der Waals surface area contributed by atoms with E-state index in [9.17, 15) is 22.4 Å². The minimum Gasteiger partial charge on any atom is -0.383 e. The standard InChI is InChI=1S/C15H15F4N3OS/c1-8-3-11(16)9(5-13(8)24-7-15(17,18)19)4-12(23)10-6-21-22(2)14(10)20/h3,5-6H,4,7,20H2,1-2H3. The number of nitrogen functional groups attached to an aromatic ring is 1. The van der Waals surface area contributed by atoms with Crippen LogP contribution in [0.15, 0.2) is 23.2 Å². The molecule has 0 saturated carbocycles. The molecule has 0 spiro atoms. The fourth-order valence-corrected chi connectivity index (χ4v) is 2.91. The van der Waals surface area contributed by atoms with Gasteiger partial charge in [-0.25, -0.2) is 4.39 Å². The number of thioether (sulfide) groups is 1. The zero-order chi connectivity index (χ0) is 18.1. The number of alkyl halides is 3. The van der Waals surface area contributed by atoms with E-state index in [0.717, 1.165) is 6.07 Å². The molecule has 2 N–H and O–H groups in total. The highest BCUT2D eigenvalue weighted by molar-refractivity contribution is 7.99. The third kappa shape index (κ3) is 4.28. The van der Waals surface area contributed by atoms with Crippen LogP contribution < -0.4 is 5.73 Å². The molecule has 2 rings (SSSR count). The van der Waals surface area contributed by atoms with Crippen molar-refractivity contribution >= 4 is 23.4 Å². The summed E-state index contributed by atoms with van der Waals surface area (Å²) in [6.07, 6.45) is -3.35. The summed E-state index contributed by atoms with van der Waals surface area (Å²) in [5.74, 6) is -2.02. The lowest BCUT2D eigenvalue weighted by Crippen LogP contribution is -2.11. The van der Waals surface area contributed by atoms with Crippen LogP contribution in [-0.4, -0.2) is 27.5 Å². The molecule has 0 atom stereocenters. The number of hydrogen-bond donors (Lipinski definition) is 1. The Morgan fingerprint density at radius 3 is 2.58 bits per heavy atom. The van der Waals surface area contributed by atoms with Crippen LogP contribution in [-0.2, 0) is 13.5 Å². The molecule has 1 heterocycles. The summed E-state index contributed by atoms with van der Waals surface area (Å²) < 4.78 is 52.4. The Hall–Kier alpha value is -2.03. The molecule has 9 heteroatoms. The minimum atomic E-state index is -4.33. The highest BCUT2D eigenvalue weighted by atomic mass is 32.2. The smallest absolute Gasteiger partial charge is 0.383 e. The first-order valence-corrected chi connectivity index (χ1v) is 7.86. The van der Waals surface area contributed by atoms with Crippen LogP contribution in [0.25, 0.3) is 0 Å². The second-order valence-corrected chi connectivity index (χ2v) is 6.30. The lowest BCUT2D eigenvalue weighted by Gasteiger charge is -2.11. The van der Waals surface area contributed by atoms with E-state index >= 15 is 0 Å². The van der Waals surface area contributed by atoms with E-state index in [4.69, 9.17) is 5.73 Å². The molecule has 0 radical (unpaired) electrons. The molecule has 0 amide bonds. The number of rotatable bonds is 5. The van der Waals surface area contributed by atoms with Gasteiger partial charge in [-0.3, -0.25) is 9.48 Å². The minimum absolute atomic E-state index is 0.0264. The van der Waals surface area contributed by atoms with Crippen molar-refractivity contribution < 1.29 is 22.4 Å². The van der Waals surface area contributed by atoms with Crippen molar-refractivity contribution in [1.82, 2.24) is 9.78 Å². The molecule has 0 aliphatic carbocycles. The van der Waals surface area contributed by atoms with Gasteiger partial charge in [0.1, 0.15) is 11.6 Å². The van der Waals surface area contributed by atoms with Crippen molar-refractivity contribution in [2.24, 2.45) is 7.05 Å². The van der Waals surface area contributed by atoms with Crippen molar-refractivity contribution in [3.63, 3.8) is 0 Å². The van der Waals surface area contributed by atoms with Crippen LogP contribution in [0.1, 0.15) is 21.5 Å². The zero-order valence-electron chi connectivity index (χ0n) is 12.9. The third-order valence-electron chi connectivity index (χ3n) is 3.37. The molecule has 0 bridgehead atoms. The Bertz CT molecular complexity index is 771. The zero-order valence-corrected chi connectivity index (χ0v) is 13.8. The van der Waals surface area contributed by atoms with Gasteiger partial charge in [0.2, 0.25) is 0 Å². The summed E-state index contributed by atoms with van der Waals surface area (Å²) in [4.78, 5) is 12.5. The van der Waals surface area contributed by atoms with Gasteiger partial charge in [0.05, 0.1) is 17.5 Å². The first kappa shape index (κ1) is 18.3. The van der Waals surface area contributed by atoms with Crippen molar-refractivity contribution in [2.75, 3.05) is 11.5 Å². The molecule has 1 aromatic carbocycles. The van der Waals surface area contributed by atoms with E-state index in [1.807, 2.05) is 0 Å². The number of nitrogens with two attached hydrogens (primary N) is 1. The lowest BCUT2D eigenvalue weighted by atomic mass is 10.0. The van der Waals surface area contributed by atoms with Crippen molar-refractivity contribution in [3.05, 3.63) is 40.8 Å². The molecule has 0 aliphatic heterocycles. The first-order valence-electron chi connectivity index (χ1n) is 6.87. The monoisotopic (exact) mass is 361 g/mol. The number of hydrogen-bond acceptors (Lipinski definition) is 4. The fourth-order valence-electron chi connectivity index (χ4n) is 2.08. The SMILES string of the molecule is Cc1cc(F)c(CC(=O)c2cnn(C)c2N)cc1SCC(F)(F)F. The number of anilines is 1. The number of halogens is 4. The number of benzene rings is 1. The normalized spacial score (nSPS) is 11.8. The van der Waals surface area contributed by atoms with Gasteiger partial charge in [0.15, 0.2) is 5.78 Å². The molecule has 130 valence electrons. The second kappa shape index (κ2) is 6.84. The summed E-state index contributed by atoms with van der Waals surface area (Å²) in [5, 5.41) is 3.84. The van der Waals surface area contributed by atoms with Crippen LogP contribution >= 0.6 is 11.8 Å². The lowest BCUT2D eigenvalue weighted by molar-refractivity contribution is -0.105. The van der Waals surface area contributed by atoms with Crippen LogP contribution in [0, 0.1) is 12.7 Å². The summed E-state index contributed by atoms with van der Waals surface area (Å²) >= 11 is 0.563. The Kier molecular flexibility index (Phi) is 5.22. The number of nitrogens with zero attached hydrogens (tertiary/aromatic N) is 2. The highest BCUT2D eigenvalue weighted by Gasteiger charge is 2.28. The number of aryl methyl sites for hydroxylation is 2. The molecule has 0 aliphatic rings. The maximum Gasteiger partial charge on any atom is 0.398 e. The van der Waals surface area contributed by atoms with Gasteiger partial charge in [-0.2, -0.15) is 18.3 Å². The average molecular weight is 361 g/mol. The summed E-state index contributed by atoms with van der Waals surface area (Å²) in [6, 6.07) is 2.42. The maximum absolute atomic E-state index is 14.1. The van der Waals surface area contributed by atoms with Crippen molar-refractivity contribution in [1.29, 1.82) is 0 Å². The fraction of sp³-hybridized carbons (Fsp3) is 0.333. The molecule has 0 saturated heterocycles. The van der Waals surface area contributed by atoms with E-state index in [2.05, 4.69) is 5.10 Å². The third-order valence-corrected chi connectivity index (χ3v) is 4.59. The highest BCUT2D eigenvalue weighted by Crippen LogP contribution is 2.31. The van der Waals surface area contributed by atoms with Gasteiger partial charge in [-0.1, -0.05) is 0 Å². The second-order valence-electron chi connectivity index (χ2n) is 5.28. The molecular formula is C15H15F4N3OS. The average Bonchev–Trinajstić information content (AvgIpc) is 2.79. The topological polar surface area (TPSA) is 60.9 Å². The Morgan fingerprint density at radius 2 is 2.04 bits per heavy atom. The summed E-state index contributed by atoms with van der Waals surface area (Å²) in [6.45, 7) is 1.52. The van der Waals surface area contributed by atoms with Gasteiger partial charge in [-0.15, -0.1) is 11.8 Å². The Balaban J connectivity index is 2.23. The van der Waals surface area contributed by atoms with Crippen molar-refractivity contribution in [2.45, 2.75) is 24.4 Å². The maximum atomic E-state index is 14.1. The number of Topliss-reactive ketones (excluding diaryl/α,β-unsaturated/α-hetero) is 1. The van der Waals surface area contributed by atoms with Gasteiger partial charge in [0, 0.05) is 18.4 Å². The van der Waals surface area contributed by atoms with E-state index in [1.54, 1.807) is 7.05 Å². The number of carbonyl (C=O) groups excluding carboxylic acids is 1. The predicted molar refractivity (Wildman–Crippen MR) is 83.6 cm³/mol. The van der Waals surface area contributed by atoms with Gasteiger partial charge in [0.25, 0.3) is 0 Å². The largest absolute Gasteiger partial charge is 0.398 e. The van der Waals surface area contributed by atoms with Gasteiger partial charge >= 0.3 is 6.18 Å². The molecule has 0 fully saturated rings. The Morgan fingerprint density at radius 1 is 1.38 bits per heavy atom. The van der Waals surface area contributed by atoms with E-state index in [0.29, 0.717) is 17.3 Å². The first-order chi connectivity index (χ1) is 11.1. The molecule has 2 aromatic rings. The molecular weight excluding hydrogens is 346 g/mol. The van der Waals surface area contributed by atoms with Crippen LogP contribution in [0.4, 0.5) is 23.4 Å². The van der Waals surface area contributed by atoms with Crippen LogP contribution in [0.3, 0.4) is 0 Å². The number of ketones is 1. The van der Waals surface area contributed by atoms with Crippen LogP contribution in [0.5, 0.6) is 0 Å². The summed E-state index contributed by atoms with van der Waals surface area (Å²) in [7, 11) is 1.56. The number of carbonyl (C=O) groups is 1. The molecule has 0 unspecified atom stereocenters. The quantitative estimate of drug-likeness (QED) is 0.503. The van der Waals surface area contributed by atoms with Gasteiger partial charge in [-0.05, 0) is 30.2 Å². The Labute approximate surface area is 140 Å².